The molecule has 2 aromatic carbocycles. The number of aromatic nitrogens is 2. The van der Waals surface area contributed by atoms with Gasteiger partial charge in [-0.1, -0.05) is 21.3 Å². The zero-order valence-corrected chi connectivity index (χ0v) is 27.3. The third-order valence-corrected chi connectivity index (χ3v) is 9.77. The van der Waals surface area contributed by atoms with Crippen LogP contribution in [0.5, 0.6) is 0 Å². The number of nitrogens with zero attached hydrogens (tertiary/aromatic N) is 2. The van der Waals surface area contributed by atoms with Gasteiger partial charge in [-0.05, 0) is 113 Å². The summed E-state index contributed by atoms with van der Waals surface area (Å²) in [6.07, 6.45) is 9.00. The lowest BCUT2D eigenvalue weighted by molar-refractivity contribution is 0.0515. The lowest BCUT2D eigenvalue weighted by Crippen LogP contribution is -2.25. The zero-order chi connectivity index (χ0) is 32.8. The number of hydrogen-bond acceptors (Lipinski definition) is 6. The number of hydrogen-bond donors (Lipinski definition) is 0. The molecule has 0 amide bonds. The second-order valence-electron chi connectivity index (χ2n) is 12.5. The molecule has 8 heteroatoms. The van der Waals surface area contributed by atoms with Crippen molar-refractivity contribution in [2.45, 2.75) is 97.7 Å². The average molecular weight is 647 g/mol. The Balaban J connectivity index is 0.000000208. The van der Waals surface area contributed by atoms with Crippen molar-refractivity contribution < 1.29 is 27.8 Å². The van der Waals surface area contributed by atoms with Gasteiger partial charge in [0.2, 0.25) is 11.9 Å². The lowest BCUT2D eigenvalue weighted by atomic mass is 9.82. The van der Waals surface area contributed by atoms with Crippen LogP contribution in [0.25, 0.3) is 21.8 Å². The van der Waals surface area contributed by atoms with Gasteiger partial charge >= 0.3 is 0 Å². The van der Waals surface area contributed by atoms with Crippen molar-refractivity contribution in [3.05, 3.63) is 82.7 Å². The van der Waals surface area contributed by atoms with Crippen LogP contribution in [0.2, 0.25) is 0 Å². The van der Waals surface area contributed by atoms with Gasteiger partial charge in [0.1, 0.15) is 0 Å². The summed E-state index contributed by atoms with van der Waals surface area (Å²) < 4.78 is 38.2. The molecule has 2 heterocycles. The van der Waals surface area contributed by atoms with Crippen LogP contribution in [0.1, 0.15) is 104 Å². The number of aryl methyl sites for hydroxylation is 2. The normalized spacial score (nSPS) is 21.1. The number of pyridine rings is 2. The van der Waals surface area contributed by atoms with Crippen molar-refractivity contribution in [2.24, 2.45) is 11.8 Å². The van der Waals surface area contributed by atoms with Crippen LogP contribution in [0.15, 0.2) is 48.5 Å². The molecule has 0 unspecified atom stereocenters. The van der Waals surface area contributed by atoms with Gasteiger partial charge in [0.15, 0.2) is 11.6 Å². The molecule has 0 radical (unpaired) electrons. The molecule has 0 saturated heterocycles. The Bertz CT molecular complexity index is 1570. The van der Waals surface area contributed by atoms with Crippen LogP contribution >= 0.6 is 0 Å². The Kier molecular flexibility index (Phi) is 12.7. The molecule has 2 aliphatic carbocycles. The summed E-state index contributed by atoms with van der Waals surface area (Å²) in [6.45, 7) is 3.80. The van der Waals surface area contributed by atoms with Crippen LogP contribution in [-0.4, -0.2) is 48.0 Å². The summed E-state index contributed by atoms with van der Waals surface area (Å²) in [5.41, 5.74) is 3.77. The van der Waals surface area contributed by atoms with Crippen LogP contribution in [0.4, 0.5) is 8.78 Å². The van der Waals surface area contributed by atoms with Crippen LogP contribution in [-0.2, 0) is 22.3 Å². The lowest BCUT2D eigenvalue weighted by Gasteiger charge is -2.26. The third-order valence-electron chi connectivity index (χ3n) is 9.77. The predicted octanol–water partition coefficient (Wildman–Crippen LogP) is 9.28. The van der Waals surface area contributed by atoms with Crippen molar-refractivity contribution in [2.75, 3.05) is 14.2 Å². The first-order valence-corrected chi connectivity index (χ1v) is 16.6. The Morgan fingerprint density at radius 2 is 1.00 bits per heavy atom. The molecule has 0 N–H and O–H groups in total. The summed E-state index contributed by atoms with van der Waals surface area (Å²) >= 11 is 0. The molecule has 6 rings (SSSR count). The van der Waals surface area contributed by atoms with E-state index in [0.29, 0.717) is 46.1 Å². The van der Waals surface area contributed by atoms with E-state index >= 15 is 0 Å². The minimum Gasteiger partial charge on any atom is -0.381 e. The van der Waals surface area contributed by atoms with Crippen molar-refractivity contribution in [3.63, 3.8) is 0 Å². The molecule has 2 saturated carbocycles. The van der Waals surface area contributed by atoms with Crippen molar-refractivity contribution >= 4 is 33.4 Å². The second kappa shape index (κ2) is 16.5. The first-order chi connectivity index (χ1) is 22.2. The van der Waals surface area contributed by atoms with Crippen molar-refractivity contribution in [1.29, 1.82) is 0 Å². The maximum absolute atomic E-state index is 13.8. The molecule has 47 heavy (non-hydrogen) atoms. The maximum Gasteiger partial charge on any atom is 0.216 e. The highest BCUT2D eigenvalue weighted by atomic mass is 19.1. The number of fused-ring (bicyclic) bond motifs is 2. The van der Waals surface area contributed by atoms with Gasteiger partial charge in [0.05, 0.1) is 23.2 Å². The molecule has 2 fully saturated rings. The van der Waals surface area contributed by atoms with Gasteiger partial charge in [-0.15, -0.1) is 0 Å². The monoisotopic (exact) mass is 646 g/mol. The highest BCUT2D eigenvalue weighted by Crippen LogP contribution is 2.31. The number of ether oxygens (including phenoxy) is 2. The summed E-state index contributed by atoms with van der Waals surface area (Å²) in [5, 5.41) is 1.67. The number of rotatable bonds is 8. The van der Waals surface area contributed by atoms with E-state index in [-0.39, 0.29) is 43.0 Å². The number of carbonyl (C=O) groups is 2. The molecule has 0 aliphatic heterocycles. The molecule has 252 valence electrons. The summed E-state index contributed by atoms with van der Waals surface area (Å²) in [4.78, 5) is 33.4. The van der Waals surface area contributed by atoms with E-state index in [4.69, 9.17) is 9.47 Å². The van der Waals surface area contributed by atoms with Crippen LogP contribution in [0.3, 0.4) is 0 Å². The minimum atomic E-state index is -0.419. The summed E-state index contributed by atoms with van der Waals surface area (Å²) in [6, 6.07) is 14.3. The first-order valence-electron chi connectivity index (χ1n) is 16.6. The number of Topliss-reactive ketones (excluding diaryl/α,β-unsaturated/α-hetero) is 2. The van der Waals surface area contributed by atoms with E-state index in [1.807, 2.05) is 26.0 Å². The molecule has 0 atom stereocenters. The maximum atomic E-state index is 13.8. The van der Waals surface area contributed by atoms with E-state index in [1.54, 1.807) is 50.6 Å². The number of ketones is 2. The number of methoxy groups -OCH3 is 2. The Hall–Kier alpha value is -3.62. The zero-order valence-electron chi connectivity index (χ0n) is 27.3. The Labute approximate surface area is 277 Å². The standard InChI is InChI=1S/2C19H22FNO2.CH4/c2*1-3-12-10-15-11-14(6-9-17(15)21-19(12)20)18(22)13-4-7-16(23-2)8-5-13;/h2*6,9-11,13,16H,3-5,7-8H2,1-2H3;1H4. The van der Waals surface area contributed by atoms with Gasteiger partial charge < -0.3 is 9.47 Å². The fourth-order valence-electron chi connectivity index (χ4n) is 6.79. The SMILES string of the molecule is C.CCc1cc2cc(C(=O)C3CCC(OC)CC3)ccc2nc1F.CCc1cc2cc(C(=O)C3CCC(OC)CC3)ccc2nc1F. The van der Waals surface area contributed by atoms with E-state index in [9.17, 15) is 18.4 Å². The van der Waals surface area contributed by atoms with Crippen LogP contribution < -0.4 is 0 Å². The fourth-order valence-corrected chi connectivity index (χ4v) is 6.79. The van der Waals surface area contributed by atoms with Gasteiger partial charge in [-0.25, -0.2) is 9.97 Å². The second-order valence-corrected chi connectivity index (χ2v) is 12.5. The van der Waals surface area contributed by atoms with Crippen LogP contribution in [0, 0.1) is 23.7 Å². The van der Waals surface area contributed by atoms with Gasteiger partial charge in [0, 0.05) is 59.1 Å². The van der Waals surface area contributed by atoms with Gasteiger partial charge in [-0.3, -0.25) is 9.59 Å². The van der Waals surface area contributed by atoms with Crippen molar-refractivity contribution in [1.82, 2.24) is 9.97 Å². The van der Waals surface area contributed by atoms with E-state index in [2.05, 4.69) is 9.97 Å². The molecule has 0 spiro atoms. The molecular weight excluding hydrogens is 598 g/mol. The number of carbonyl (C=O) groups excluding carboxylic acids is 2. The molecule has 0 bridgehead atoms. The topological polar surface area (TPSA) is 78.4 Å². The largest absolute Gasteiger partial charge is 0.381 e. The summed E-state index contributed by atoms with van der Waals surface area (Å²) in [5.74, 6) is -0.336. The predicted molar refractivity (Wildman–Crippen MR) is 183 cm³/mol. The van der Waals surface area contributed by atoms with E-state index < -0.39 is 11.9 Å². The van der Waals surface area contributed by atoms with Crippen molar-refractivity contribution in [3.8, 4) is 0 Å². The molecular formula is C39H48F2N2O4. The smallest absolute Gasteiger partial charge is 0.216 e. The minimum absolute atomic E-state index is 0. The highest BCUT2D eigenvalue weighted by Gasteiger charge is 2.28. The van der Waals surface area contributed by atoms with Gasteiger partial charge in [-0.2, -0.15) is 8.78 Å². The highest BCUT2D eigenvalue weighted by molar-refractivity contribution is 6.01. The average Bonchev–Trinajstić information content (AvgIpc) is 3.10. The Morgan fingerprint density at radius 3 is 1.32 bits per heavy atom. The van der Waals surface area contributed by atoms with E-state index in [1.165, 1.54) is 0 Å². The molecule has 6 nitrogen and oxygen atoms in total. The quantitative estimate of drug-likeness (QED) is 0.140. The number of halogens is 2. The summed E-state index contributed by atoms with van der Waals surface area (Å²) in [7, 11) is 3.46. The Morgan fingerprint density at radius 1 is 0.638 bits per heavy atom. The van der Waals surface area contributed by atoms with Gasteiger partial charge in [0.25, 0.3) is 0 Å². The molecule has 4 aromatic rings. The third kappa shape index (κ3) is 8.46. The molecule has 2 aromatic heterocycles. The number of benzene rings is 2. The fraction of sp³-hybridized carbons (Fsp3) is 0.487. The van der Waals surface area contributed by atoms with E-state index in [0.717, 1.165) is 62.1 Å². The first kappa shape index (κ1) is 36.2. The molecule has 2 aliphatic rings.